The van der Waals surface area contributed by atoms with Crippen LogP contribution >= 0.6 is 0 Å². The van der Waals surface area contributed by atoms with Crippen LogP contribution in [0.15, 0.2) is 30.5 Å². The summed E-state index contributed by atoms with van der Waals surface area (Å²) in [6, 6.07) is 7.34. The maximum absolute atomic E-state index is 10.2. The van der Waals surface area contributed by atoms with Gasteiger partial charge in [-0.15, -0.1) is 0 Å². The summed E-state index contributed by atoms with van der Waals surface area (Å²) in [7, 11) is 0. The minimum Gasteiger partial charge on any atom is -0.399 e. The lowest BCUT2D eigenvalue weighted by atomic mass is 10.2. The van der Waals surface area contributed by atoms with Crippen molar-refractivity contribution in [3.05, 3.63) is 30.5 Å². The molecule has 13 heavy (non-hydrogen) atoms. The van der Waals surface area contributed by atoms with Crippen molar-refractivity contribution < 1.29 is 4.79 Å². The number of nitrogens with zero attached hydrogens (tertiary/aromatic N) is 1. The van der Waals surface area contributed by atoms with Gasteiger partial charge in [-0.25, -0.2) is 4.79 Å². The Morgan fingerprint density at radius 2 is 2.08 bits per heavy atom. The Bertz CT molecular complexity index is 312. The molecule has 1 aromatic carbocycles. The van der Waals surface area contributed by atoms with E-state index in [0.29, 0.717) is 0 Å². The first-order valence-corrected chi connectivity index (χ1v) is 4.11. The van der Waals surface area contributed by atoms with E-state index < -0.39 is 0 Å². The fraction of sp³-hybridized carbons (Fsp3) is 0.200. The minimum absolute atomic E-state index is 0.717. The van der Waals surface area contributed by atoms with Crippen LogP contribution in [-0.2, 0) is 4.79 Å². The van der Waals surface area contributed by atoms with Crippen LogP contribution in [0.2, 0.25) is 0 Å². The minimum atomic E-state index is 0.717. The van der Waals surface area contributed by atoms with Gasteiger partial charge in [0.2, 0.25) is 0 Å². The van der Waals surface area contributed by atoms with E-state index in [0.717, 1.165) is 17.9 Å². The van der Waals surface area contributed by atoms with E-state index in [2.05, 4.69) is 0 Å². The van der Waals surface area contributed by atoms with E-state index in [1.54, 1.807) is 23.0 Å². The average molecular weight is 176 g/mol. The molecule has 68 valence electrons. The van der Waals surface area contributed by atoms with Crippen molar-refractivity contribution in [3.63, 3.8) is 0 Å². The van der Waals surface area contributed by atoms with Crippen molar-refractivity contribution in [3.8, 4) is 0 Å². The van der Waals surface area contributed by atoms with Crippen molar-refractivity contribution in [2.75, 3.05) is 17.2 Å². The molecule has 0 aliphatic rings. The van der Waals surface area contributed by atoms with Crippen molar-refractivity contribution >= 4 is 17.3 Å². The molecule has 0 fully saturated rings. The molecule has 0 aliphatic heterocycles. The van der Waals surface area contributed by atoms with Gasteiger partial charge in [0.25, 0.3) is 0 Å². The number of nitrogens with two attached hydrogens (primary N) is 1. The second-order valence-electron chi connectivity index (χ2n) is 2.62. The van der Waals surface area contributed by atoms with Crippen LogP contribution in [0.4, 0.5) is 11.4 Å². The molecule has 0 unspecified atom stereocenters. The van der Waals surface area contributed by atoms with E-state index in [4.69, 9.17) is 5.73 Å². The number of anilines is 2. The predicted molar refractivity (Wildman–Crippen MR) is 54.1 cm³/mol. The summed E-state index contributed by atoms with van der Waals surface area (Å²) in [6.45, 7) is 2.70. The summed E-state index contributed by atoms with van der Waals surface area (Å²) < 4.78 is 0. The molecule has 0 spiro atoms. The number of hydrogen-bond donors (Lipinski definition) is 1. The standard InChI is InChI=1S/C10H12N2O/c1-2-12(7-8-13)10-5-3-9(11)4-6-10/h3-7H,2,11H2,1H3. The summed E-state index contributed by atoms with van der Waals surface area (Å²) in [6.07, 6.45) is 1.38. The second kappa shape index (κ2) is 4.33. The van der Waals surface area contributed by atoms with E-state index in [-0.39, 0.29) is 0 Å². The largest absolute Gasteiger partial charge is 0.399 e. The first kappa shape index (κ1) is 9.36. The molecule has 0 amide bonds. The number of nitrogen functional groups attached to an aromatic ring is 1. The fourth-order valence-corrected chi connectivity index (χ4v) is 1.08. The van der Waals surface area contributed by atoms with Crippen LogP contribution in [0, 0.1) is 0 Å². The van der Waals surface area contributed by atoms with Gasteiger partial charge in [0.15, 0.2) is 0 Å². The molecule has 3 heteroatoms. The van der Waals surface area contributed by atoms with Gasteiger partial charge in [-0.2, -0.15) is 0 Å². The molecule has 0 radical (unpaired) electrons. The first-order chi connectivity index (χ1) is 6.27. The van der Waals surface area contributed by atoms with Crippen LogP contribution in [0.5, 0.6) is 0 Å². The predicted octanol–water partition coefficient (Wildman–Crippen LogP) is 1.44. The van der Waals surface area contributed by atoms with Crippen LogP contribution in [0.1, 0.15) is 6.92 Å². The third-order valence-corrected chi connectivity index (χ3v) is 1.77. The Morgan fingerprint density at radius 1 is 1.46 bits per heavy atom. The van der Waals surface area contributed by atoms with Crippen molar-refractivity contribution in [2.24, 2.45) is 0 Å². The van der Waals surface area contributed by atoms with Gasteiger partial charge in [0, 0.05) is 17.9 Å². The topological polar surface area (TPSA) is 46.3 Å². The maximum atomic E-state index is 10.2. The quantitative estimate of drug-likeness (QED) is 0.560. The molecular formula is C10H12N2O. The van der Waals surface area contributed by atoms with Gasteiger partial charge in [-0.3, -0.25) is 0 Å². The fourth-order valence-electron chi connectivity index (χ4n) is 1.08. The molecule has 0 saturated carbocycles. The first-order valence-electron chi connectivity index (χ1n) is 4.11. The number of hydrogen-bond acceptors (Lipinski definition) is 3. The highest BCUT2D eigenvalue weighted by molar-refractivity contribution is 5.60. The summed E-state index contributed by atoms with van der Waals surface area (Å²) in [5.74, 6) is 1.75. The maximum Gasteiger partial charge on any atom is 0.142 e. The second-order valence-corrected chi connectivity index (χ2v) is 2.62. The Balaban J connectivity index is 2.91. The Kier molecular flexibility index (Phi) is 3.12. The molecule has 0 aromatic heterocycles. The lowest BCUT2D eigenvalue weighted by Crippen LogP contribution is -2.14. The summed E-state index contributed by atoms with van der Waals surface area (Å²) in [4.78, 5) is 12.0. The Morgan fingerprint density at radius 3 is 2.54 bits per heavy atom. The monoisotopic (exact) mass is 176 g/mol. The molecular weight excluding hydrogens is 164 g/mol. The lowest BCUT2D eigenvalue weighted by Gasteiger charge is -2.16. The summed E-state index contributed by atoms with van der Waals surface area (Å²) >= 11 is 0. The zero-order valence-electron chi connectivity index (χ0n) is 7.53. The molecule has 0 heterocycles. The Hall–Kier alpha value is -1.73. The van der Waals surface area contributed by atoms with Gasteiger partial charge < -0.3 is 10.6 Å². The van der Waals surface area contributed by atoms with Crippen LogP contribution < -0.4 is 10.6 Å². The van der Waals surface area contributed by atoms with Gasteiger partial charge >= 0.3 is 0 Å². The van der Waals surface area contributed by atoms with E-state index in [1.165, 1.54) is 6.20 Å². The summed E-state index contributed by atoms with van der Waals surface area (Å²) in [5.41, 5.74) is 7.20. The number of carbonyl (C=O) groups excluding carboxylic acids is 1. The van der Waals surface area contributed by atoms with E-state index >= 15 is 0 Å². The molecule has 2 N–H and O–H groups in total. The SMILES string of the molecule is CCN(C=C=O)c1ccc(N)cc1. The molecule has 1 aromatic rings. The molecule has 0 aliphatic carbocycles. The van der Waals surface area contributed by atoms with Crippen LogP contribution in [-0.4, -0.2) is 12.5 Å². The number of rotatable bonds is 3. The highest BCUT2D eigenvalue weighted by Crippen LogP contribution is 2.15. The molecule has 0 atom stereocenters. The lowest BCUT2D eigenvalue weighted by molar-refractivity contribution is 0.568. The van der Waals surface area contributed by atoms with Crippen LogP contribution in [0.3, 0.4) is 0 Å². The molecule has 1 rings (SSSR count). The van der Waals surface area contributed by atoms with Gasteiger partial charge in [-0.05, 0) is 31.2 Å². The van der Waals surface area contributed by atoms with E-state index in [1.807, 2.05) is 19.1 Å². The highest BCUT2D eigenvalue weighted by Gasteiger charge is 1.98. The summed E-state index contributed by atoms with van der Waals surface area (Å²) in [5, 5.41) is 0. The molecule has 0 saturated heterocycles. The van der Waals surface area contributed by atoms with Gasteiger partial charge in [0.05, 0.1) is 6.20 Å². The third-order valence-electron chi connectivity index (χ3n) is 1.77. The van der Waals surface area contributed by atoms with Gasteiger partial charge in [0.1, 0.15) is 5.94 Å². The van der Waals surface area contributed by atoms with Crippen molar-refractivity contribution in [1.82, 2.24) is 0 Å². The molecule has 0 bridgehead atoms. The smallest absolute Gasteiger partial charge is 0.142 e. The third kappa shape index (κ3) is 2.36. The van der Waals surface area contributed by atoms with Crippen LogP contribution in [0.25, 0.3) is 0 Å². The zero-order valence-corrected chi connectivity index (χ0v) is 7.53. The van der Waals surface area contributed by atoms with Crippen molar-refractivity contribution in [2.45, 2.75) is 6.92 Å². The zero-order chi connectivity index (χ0) is 9.68. The molecule has 3 nitrogen and oxygen atoms in total. The van der Waals surface area contributed by atoms with E-state index in [9.17, 15) is 4.79 Å². The van der Waals surface area contributed by atoms with Gasteiger partial charge in [-0.1, -0.05) is 0 Å². The average Bonchev–Trinajstić information content (AvgIpc) is 2.16. The normalized spacial score (nSPS) is 9.00. The Labute approximate surface area is 77.5 Å². The van der Waals surface area contributed by atoms with Crippen molar-refractivity contribution in [1.29, 1.82) is 0 Å². The number of benzene rings is 1. The highest BCUT2D eigenvalue weighted by atomic mass is 16.1.